The summed E-state index contributed by atoms with van der Waals surface area (Å²) in [5, 5.41) is 8.90. The number of pyridine rings is 1. The second kappa shape index (κ2) is 7.30. The number of carbonyl (C=O) groups excluding carboxylic acids is 1. The first kappa shape index (κ1) is 17.0. The van der Waals surface area contributed by atoms with E-state index < -0.39 is 4.75 Å². The predicted molar refractivity (Wildman–Crippen MR) is 91.0 cm³/mol. The Balaban J connectivity index is 2.34. The SMILES string of the molecule is CCOC(=O)C(C)(C)Sc1cnccc1-c1ccc(C#N)cc1. The first-order valence-electron chi connectivity index (χ1n) is 7.28. The second-order valence-corrected chi connectivity index (χ2v) is 7.06. The van der Waals surface area contributed by atoms with Gasteiger partial charge in [-0.25, -0.2) is 0 Å². The molecule has 0 saturated carbocycles. The van der Waals surface area contributed by atoms with Gasteiger partial charge in [-0.2, -0.15) is 5.26 Å². The monoisotopic (exact) mass is 326 g/mol. The zero-order chi connectivity index (χ0) is 16.9. The number of ether oxygens (including phenoxy) is 1. The Labute approximate surface area is 140 Å². The third-order valence-electron chi connectivity index (χ3n) is 3.24. The van der Waals surface area contributed by atoms with Crippen molar-refractivity contribution in [3.05, 3.63) is 48.3 Å². The van der Waals surface area contributed by atoms with Crippen LogP contribution >= 0.6 is 11.8 Å². The number of hydrogen-bond donors (Lipinski definition) is 0. The molecule has 23 heavy (non-hydrogen) atoms. The highest BCUT2D eigenvalue weighted by Gasteiger charge is 2.31. The van der Waals surface area contributed by atoms with Gasteiger partial charge in [0.1, 0.15) is 4.75 Å². The van der Waals surface area contributed by atoms with Crippen molar-refractivity contribution in [2.75, 3.05) is 6.61 Å². The molecule has 0 bridgehead atoms. The highest BCUT2D eigenvalue weighted by molar-refractivity contribution is 8.01. The van der Waals surface area contributed by atoms with Crippen LogP contribution in [0.2, 0.25) is 0 Å². The highest BCUT2D eigenvalue weighted by Crippen LogP contribution is 2.39. The van der Waals surface area contributed by atoms with Gasteiger partial charge in [-0.15, -0.1) is 11.8 Å². The number of carbonyl (C=O) groups is 1. The van der Waals surface area contributed by atoms with E-state index in [1.165, 1.54) is 11.8 Å². The van der Waals surface area contributed by atoms with E-state index in [1.807, 2.05) is 32.0 Å². The molecule has 0 spiro atoms. The van der Waals surface area contributed by atoms with Gasteiger partial charge >= 0.3 is 5.97 Å². The third kappa shape index (κ3) is 4.11. The summed E-state index contributed by atoms with van der Waals surface area (Å²) >= 11 is 1.42. The molecule has 0 radical (unpaired) electrons. The summed E-state index contributed by atoms with van der Waals surface area (Å²) in [6, 6.07) is 11.4. The Hall–Kier alpha value is -2.32. The minimum atomic E-state index is -0.708. The number of esters is 1. The molecule has 0 N–H and O–H groups in total. The molecule has 1 aromatic heterocycles. The lowest BCUT2D eigenvalue weighted by atomic mass is 10.1. The molecule has 0 aliphatic heterocycles. The minimum absolute atomic E-state index is 0.250. The van der Waals surface area contributed by atoms with Crippen LogP contribution in [0.4, 0.5) is 0 Å². The van der Waals surface area contributed by atoms with Crippen LogP contribution in [0.1, 0.15) is 26.3 Å². The van der Waals surface area contributed by atoms with Gasteiger partial charge < -0.3 is 4.74 Å². The standard InChI is InChI=1S/C18H18N2O2S/c1-4-22-17(21)18(2,3)23-16-12-20-10-9-15(16)14-7-5-13(11-19)6-8-14/h5-10,12H,4H2,1-3H3. The van der Waals surface area contributed by atoms with Gasteiger partial charge in [-0.05, 0) is 50.1 Å². The van der Waals surface area contributed by atoms with Crippen LogP contribution in [-0.2, 0) is 9.53 Å². The maximum absolute atomic E-state index is 12.1. The van der Waals surface area contributed by atoms with Gasteiger partial charge in [0, 0.05) is 17.3 Å². The van der Waals surface area contributed by atoms with E-state index in [0.717, 1.165) is 16.0 Å². The number of hydrogen-bond acceptors (Lipinski definition) is 5. The lowest BCUT2D eigenvalue weighted by Gasteiger charge is -2.22. The van der Waals surface area contributed by atoms with E-state index in [9.17, 15) is 4.79 Å². The number of thioether (sulfide) groups is 1. The number of benzene rings is 1. The van der Waals surface area contributed by atoms with Crippen molar-refractivity contribution in [2.24, 2.45) is 0 Å². The number of nitrogens with zero attached hydrogens (tertiary/aromatic N) is 2. The van der Waals surface area contributed by atoms with Crippen LogP contribution in [-0.4, -0.2) is 22.3 Å². The average molecular weight is 326 g/mol. The zero-order valence-electron chi connectivity index (χ0n) is 13.4. The van der Waals surface area contributed by atoms with Gasteiger partial charge in [0.05, 0.1) is 18.2 Å². The summed E-state index contributed by atoms with van der Waals surface area (Å²) in [7, 11) is 0. The van der Waals surface area contributed by atoms with Crippen molar-refractivity contribution in [3.63, 3.8) is 0 Å². The molecule has 5 heteroatoms. The van der Waals surface area contributed by atoms with Crippen LogP contribution in [0.5, 0.6) is 0 Å². The maximum atomic E-state index is 12.1. The van der Waals surface area contributed by atoms with E-state index in [2.05, 4.69) is 11.1 Å². The first-order valence-corrected chi connectivity index (χ1v) is 8.10. The average Bonchev–Trinajstić information content (AvgIpc) is 2.55. The fourth-order valence-electron chi connectivity index (χ4n) is 2.05. The Morgan fingerprint density at radius 1 is 1.30 bits per heavy atom. The highest BCUT2D eigenvalue weighted by atomic mass is 32.2. The molecule has 1 aromatic carbocycles. The topological polar surface area (TPSA) is 63.0 Å². The van der Waals surface area contributed by atoms with Crippen LogP contribution in [0.15, 0.2) is 47.6 Å². The van der Waals surface area contributed by atoms with Gasteiger partial charge in [0.15, 0.2) is 0 Å². The summed E-state index contributed by atoms with van der Waals surface area (Å²) in [6.07, 6.45) is 3.47. The van der Waals surface area contributed by atoms with E-state index in [1.54, 1.807) is 31.5 Å². The molecule has 1 heterocycles. The molecule has 0 unspecified atom stereocenters. The molecule has 0 amide bonds. The van der Waals surface area contributed by atoms with E-state index in [4.69, 9.17) is 10.00 Å². The van der Waals surface area contributed by atoms with Gasteiger partial charge in [-0.3, -0.25) is 9.78 Å². The van der Waals surface area contributed by atoms with E-state index in [-0.39, 0.29) is 5.97 Å². The summed E-state index contributed by atoms with van der Waals surface area (Å²) in [5.74, 6) is -0.250. The summed E-state index contributed by atoms with van der Waals surface area (Å²) < 4.78 is 4.43. The van der Waals surface area contributed by atoms with Gasteiger partial charge in [-0.1, -0.05) is 12.1 Å². The fraction of sp³-hybridized carbons (Fsp3) is 0.278. The molecule has 4 nitrogen and oxygen atoms in total. The van der Waals surface area contributed by atoms with Gasteiger partial charge in [0.2, 0.25) is 0 Å². The molecule has 2 rings (SSSR count). The Bertz CT molecular complexity index is 733. The number of aromatic nitrogens is 1. The largest absolute Gasteiger partial charge is 0.465 e. The number of rotatable bonds is 5. The quantitative estimate of drug-likeness (QED) is 0.612. The van der Waals surface area contributed by atoms with Crippen LogP contribution in [0.3, 0.4) is 0 Å². The maximum Gasteiger partial charge on any atom is 0.321 e. The molecule has 0 atom stereocenters. The summed E-state index contributed by atoms with van der Waals surface area (Å²) in [5.41, 5.74) is 2.57. The molecule has 0 fully saturated rings. The predicted octanol–water partition coefficient (Wildman–Crippen LogP) is 4.05. The minimum Gasteiger partial charge on any atom is -0.465 e. The van der Waals surface area contributed by atoms with Crippen molar-refractivity contribution in [1.82, 2.24) is 4.98 Å². The molecular weight excluding hydrogens is 308 g/mol. The Kier molecular flexibility index (Phi) is 5.41. The lowest BCUT2D eigenvalue weighted by molar-refractivity contribution is -0.145. The molecule has 0 aliphatic rings. The third-order valence-corrected chi connectivity index (χ3v) is 4.46. The Morgan fingerprint density at radius 2 is 2.00 bits per heavy atom. The summed E-state index contributed by atoms with van der Waals surface area (Å²) in [4.78, 5) is 17.2. The first-order chi connectivity index (χ1) is 11.0. The Morgan fingerprint density at radius 3 is 2.61 bits per heavy atom. The molecule has 0 aliphatic carbocycles. The fourth-order valence-corrected chi connectivity index (χ4v) is 3.15. The van der Waals surface area contributed by atoms with Crippen LogP contribution < -0.4 is 0 Å². The smallest absolute Gasteiger partial charge is 0.321 e. The van der Waals surface area contributed by atoms with Crippen molar-refractivity contribution in [1.29, 1.82) is 5.26 Å². The lowest BCUT2D eigenvalue weighted by Crippen LogP contribution is -2.30. The van der Waals surface area contributed by atoms with E-state index in [0.29, 0.717) is 12.2 Å². The normalized spacial score (nSPS) is 10.9. The molecular formula is C18H18N2O2S. The summed E-state index contributed by atoms with van der Waals surface area (Å²) in [6.45, 7) is 5.83. The number of nitriles is 1. The van der Waals surface area contributed by atoms with E-state index >= 15 is 0 Å². The van der Waals surface area contributed by atoms with Crippen molar-refractivity contribution in [3.8, 4) is 17.2 Å². The molecule has 0 saturated heterocycles. The van der Waals surface area contributed by atoms with Crippen molar-refractivity contribution < 1.29 is 9.53 Å². The van der Waals surface area contributed by atoms with Crippen LogP contribution in [0.25, 0.3) is 11.1 Å². The van der Waals surface area contributed by atoms with Crippen molar-refractivity contribution >= 4 is 17.7 Å². The van der Waals surface area contributed by atoms with Crippen molar-refractivity contribution in [2.45, 2.75) is 30.4 Å². The molecule has 2 aromatic rings. The van der Waals surface area contributed by atoms with Crippen LogP contribution in [0, 0.1) is 11.3 Å². The second-order valence-electron chi connectivity index (χ2n) is 5.39. The van der Waals surface area contributed by atoms with Gasteiger partial charge in [0.25, 0.3) is 0 Å². The molecule has 118 valence electrons. The zero-order valence-corrected chi connectivity index (χ0v) is 14.2.